The zero-order valence-corrected chi connectivity index (χ0v) is 14.6. The average molecular weight is 393 g/mol. The summed E-state index contributed by atoms with van der Waals surface area (Å²) in [5.74, 6) is 0. The van der Waals surface area contributed by atoms with Crippen LogP contribution in [0.15, 0.2) is 18.2 Å². The van der Waals surface area contributed by atoms with Gasteiger partial charge in [-0.25, -0.2) is 4.98 Å². The summed E-state index contributed by atoms with van der Waals surface area (Å²) in [6, 6.07) is 3.00. The number of nitrogens with two attached hydrogens (primary N) is 1. The van der Waals surface area contributed by atoms with Gasteiger partial charge in [0.25, 0.3) is 5.69 Å². The molecule has 0 amide bonds. The number of rotatable bonds is 6. The number of anilines is 1. The highest BCUT2D eigenvalue weighted by Gasteiger charge is 2.45. The number of pyridine rings is 1. The highest BCUT2D eigenvalue weighted by molar-refractivity contribution is 7.62. The third-order valence-corrected chi connectivity index (χ3v) is 5.53. The standard InChI is InChI=1S/C14H15F3N3O5P/c1-3-24-26(23,25-4-2)12-11(18)9-7-8(20(21)22)5-6-10(9)19-13(12)14(15,16)17/h5-7H,3-4H2,1-2H3,(H2,18,19). The number of hydrogen-bond acceptors (Lipinski definition) is 7. The normalized spacial score (nSPS) is 12.5. The van der Waals surface area contributed by atoms with Gasteiger partial charge >= 0.3 is 13.8 Å². The summed E-state index contributed by atoms with van der Waals surface area (Å²) in [6.45, 7) is 2.44. The molecule has 12 heteroatoms. The summed E-state index contributed by atoms with van der Waals surface area (Å²) in [6.07, 6.45) is -5.00. The number of halogens is 3. The Morgan fingerprint density at radius 2 is 1.85 bits per heavy atom. The van der Waals surface area contributed by atoms with E-state index in [1.165, 1.54) is 13.8 Å². The van der Waals surface area contributed by atoms with E-state index in [0.717, 1.165) is 18.2 Å². The molecule has 26 heavy (non-hydrogen) atoms. The van der Waals surface area contributed by atoms with E-state index in [0.29, 0.717) is 0 Å². The first-order valence-corrected chi connectivity index (χ1v) is 8.94. The molecular formula is C14H15F3N3O5P. The van der Waals surface area contributed by atoms with Crippen LogP contribution in [0.4, 0.5) is 24.5 Å². The van der Waals surface area contributed by atoms with Crippen molar-refractivity contribution in [2.24, 2.45) is 0 Å². The van der Waals surface area contributed by atoms with E-state index in [1.807, 2.05) is 0 Å². The summed E-state index contributed by atoms with van der Waals surface area (Å²) in [7, 11) is -4.46. The van der Waals surface area contributed by atoms with Crippen molar-refractivity contribution in [2.45, 2.75) is 20.0 Å². The van der Waals surface area contributed by atoms with Gasteiger partial charge in [0.05, 0.1) is 29.3 Å². The third kappa shape index (κ3) is 3.64. The number of aromatic nitrogens is 1. The van der Waals surface area contributed by atoms with Gasteiger partial charge in [-0.15, -0.1) is 0 Å². The second-order valence-corrected chi connectivity index (χ2v) is 6.97. The summed E-state index contributed by atoms with van der Waals surface area (Å²) in [5.41, 5.74) is 3.10. The number of nitrogen functional groups attached to an aromatic ring is 1. The SMILES string of the molecule is CCOP(=O)(OCC)c1c(C(F)(F)F)nc2ccc([N+](=O)[O-])cc2c1N. The largest absolute Gasteiger partial charge is 0.434 e. The Bertz CT molecular complexity index is 894. The van der Waals surface area contributed by atoms with Crippen LogP contribution in [-0.4, -0.2) is 23.1 Å². The van der Waals surface area contributed by atoms with E-state index in [1.54, 1.807) is 0 Å². The molecule has 0 spiro atoms. The van der Waals surface area contributed by atoms with Crippen molar-refractivity contribution >= 4 is 35.2 Å². The number of nitro benzene ring substituents is 1. The lowest BCUT2D eigenvalue weighted by Crippen LogP contribution is -2.27. The first kappa shape index (κ1) is 20.1. The van der Waals surface area contributed by atoms with Crippen LogP contribution in [0.3, 0.4) is 0 Å². The number of nitro groups is 1. The van der Waals surface area contributed by atoms with Crippen molar-refractivity contribution in [1.29, 1.82) is 0 Å². The van der Waals surface area contributed by atoms with Gasteiger partial charge in [0, 0.05) is 17.5 Å². The Kier molecular flexibility index (Phi) is 5.55. The van der Waals surface area contributed by atoms with Crippen LogP contribution >= 0.6 is 7.60 Å². The Morgan fingerprint density at radius 1 is 1.27 bits per heavy atom. The zero-order valence-electron chi connectivity index (χ0n) is 13.7. The molecule has 0 aliphatic heterocycles. The molecule has 2 aromatic rings. The summed E-state index contributed by atoms with van der Waals surface area (Å²) < 4.78 is 63.5. The van der Waals surface area contributed by atoms with Crippen molar-refractivity contribution in [3.63, 3.8) is 0 Å². The highest BCUT2D eigenvalue weighted by atomic mass is 31.2. The Balaban J connectivity index is 2.94. The van der Waals surface area contributed by atoms with Crippen LogP contribution in [0.2, 0.25) is 0 Å². The number of benzene rings is 1. The van der Waals surface area contributed by atoms with Crippen LogP contribution in [0.1, 0.15) is 19.5 Å². The lowest BCUT2D eigenvalue weighted by atomic mass is 10.1. The molecule has 0 aliphatic rings. The van der Waals surface area contributed by atoms with E-state index < -0.39 is 41.1 Å². The second-order valence-electron chi connectivity index (χ2n) is 5.01. The van der Waals surface area contributed by atoms with E-state index in [9.17, 15) is 27.9 Å². The topological polar surface area (TPSA) is 118 Å². The van der Waals surface area contributed by atoms with E-state index in [2.05, 4.69) is 4.98 Å². The predicted octanol–water partition coefficient (Wildman–Crippen LogP) is 3.64. The number of alkyl halides is 3. The number of non-ortho nitro benzene ring substituents is 1. The molecule has 0 radical (unpaired) electrons. The molecule has 142 valence electrons. The van der Waals surface area contributed by atoms with E-state index in [4.69, 9.17) is 14.8 Å². The van der Waals surface area contributed by atoms with Crippen LogP contribution in [-0.2, 0) is 19.8 Å². The fraction of sp³-hybridized carbons (Fsp3) is 0.357. The van der Waals surface area contributed by atoms with E-state index in [-0.39, 0.29) is 24.1 Å². The van der Waals surface area contributed by atoms with Crippen molar-refractivity contribution in [1.82, 2.24) is 4.98 Å². The van der Waals surface area contributed by atoms with Crippen LogP contribution in [0.5, 0.6) is 0 Å². The molecule has 0 bridgehead atoms. The Labute approximate surface area is 145 Å². The van der Waals surface area contributed by atoms with Gasteiger partial charge in [-0.05, 0) is 19.9 Å². The Hall–Kier alpha value is -2.23. The molecule has 1 heterocycles. The van der Waals surface area contributed by atoms with Crippen LogP contribution in [0.25, 0.3) is 10.9 Å². The van der Waals surface area contributed by atoms with Gasteiger partial charge < -0.3 is 14.8 Å². The van der Waals surface area contributed by atoms with Crippen molar-refractivity contribution in [2.75, 3.05) is 18.9 Å². The molecule has 0 atom stereocenters. The molecule has 1 aromatic carbocycles. The van der Waals surface area contributed by atoms with Gasteiger partial charge in [-0.2, -0.15) is 13.2 Å². The minimum absolute atomic E-state index is 0.151. The second kappa shape index (κ2) is 7.18. The lowest BCUT2D eigenvalue weighted by Gasteiger charge is -2.23. The van der Waals surface area contributed by atoms with Gasteiger partial charge in [-0.3, -0.25) is 14.7 Å². The fourth-order valence-corrected chi connectivity index (χ4v) is 4.22. The summed E-state index contributed by atoms with van der Waals surface area (Å²) in [4.78, 5) is 13.7. The maximum absolute atomic E-state index is 13.5. The predicted molar refractivity (Wildman–Crippen MR) is 88.3 cm³/mol. The first-order valence-electron chi connectivity index (χ1n) is 7.39. The summed E-state index contributed by atoms with van der Waals surface area (Å²) >= 11 is 0. The fourth-order valence-electron chi connectivity index (χ4n) is 2.36. The molecule has 2 rings (SSSR count). The van der Waals surface area contributed by atoms with Gasteiger partial charge in [-0.1, -0.05) is 0 Å². The number of hydrogen-bond donors (Lipinski definition) is 1. The van der Waals surface area contributed by atoms with Gasteiger partial charge in [0.2, 0.25) is 0 Å². The molecule has 0 saturated carbocycles. The minimum atomic E-state index is -5.00. The van der Waals surface area contributed by atoms with E-state index >= 15 is 0 Å². The molecule has 0 fully saturated rings. The lowest BCUT2D eigenvalue weighted by molar-refractivity contribution is -0.384. The third-order valence-electron chi connectivity index (χ3n) is 3.33. The van der Waals surface area contributed by atoms with Crippen LogP contribution in [0, 0.1) is 10.1 Å². The highest BCUT2D eigenvalue weighted by Crippen LogP contribution is 2.52. The van der Waals surface area contributed by atoms with Crippen LogP contribution < -0.4 is 11.0 Å². The molecule has 0 unspecified atom stereocenters. The quantitative estimate of drug-likeness (QED) is 0.452. The average Bonchev–Trinajstić information content (AvgIpc) is 2.53. The number of nitrogens with zero attached hydrogens (tertiary/aromatic N) is 2. The molecular weight excluding hydrogens is 378 g/mol. The Morgan fingerprint density at radius 3 is 2.31 bits per heavy atom. The number of fused-ring (bicyclic) bond motifs is 1. The zero-order chi connectivity index (χ0) is 19.7. The smallest absolute Gasteiger partial charge is 0.397 e. The molecule has 0 saturated heterocycles. The van der Waals surface area contributed by atoms with Crippen molar-refractivity contribution in [3.05, 3.63) is 34.0 Å². The van der Waals surface area contributed by atoms with Crippen molar-refractivity contribution in [3.8, 4) is 0 Å². The molecule has 2 N–H and O–H groups in total. The maximum atomic E-state index is 13.5. The molecule has 8 nitrogen and oxygen atoms in total. The minimum Gasteiger partial charge on any atom is -0.397 e. The molecule has 0 aliphatic carbocycles. The monoisotopic (exact) mass is 393 g/mol. The van der Waals surface area contributed by atoms with Crippen molar-refractivity contribution < 1.29 is 31.7 Å². The molecule has 1 aromatic heterocycles. The maximum Gasteiger partial charge on any atom is 0.434 e. The summed E-state index contributed by atoms with van der Waals surface area (Å²) in [5, 5.41) is 9.84. The van der Waals surface area contributed by atoms with Gasteiger partial charge in [0.1, 0.15) is 5.30 Å². The first-order chi connectivity index (χ1) is 12.0. The van der Waals surface area contributed by atoms with Gasteiger partial charge in [0.15, 0.2) is 5.69 Å².